The van der Waals surface area contributed by atoms with Crippen molar-refractivity contribution in [3.8, 4) is 0 Å². The van der Waals surface area contributed by atoms with Gasteiger partial charge in [-0.1, -0.05) is 12.1 Å². The van der Waals surface area contributed by atoms with Crippen LogP contribution in [-0.2, 0) is 4.79 Å². The van der Waals surface area contributed by atoms with Gasteiger partial charge >= 0.3 is 0 Å². The van der Waals surface area contributed by atoms with E-state index in [4.69, 9.17) is 5.73 Å². The lowest BCUT2D eigenvalue weighted by molar-refractivity contribution is -0.121. The fourth-order valence-corrected chi connectivity index (χ4v) is 1.93. The fraction of sp³-hybridized carbons (Fsp3) is 0.364. The molecule has 1 aromatic carbocycles. The minimum atomic E-state index is -0.290. The molecule has 0 aliphatic carbocycles. The fourth-order valence-electron chi connectivity index (χ4n) is 1.93. The third-order valence-corrected chi connectivity index (χ3v) is 2.78. The quantitative estimate of drug-likeness (QED) is 0.760. The number of halogens is 1. The van der Waals surface area contributed by atoms with Crippen LogP contribution in [0.25, 0.3) is 0 Å². The Morgan fingerprint density at radius 3 is 2.93 bits per heavy atom. The van der Waals surface area contributed by atoms with Crippen molar-refractivity contribution in [2.45, 2.75) is 12.5 Å². The van der Waals surface area contributed by atoms with Gasteiger partial charge in [-0.2, -0.15) is 0 Å². The molecule has 1 aromatic rings. The van der Waals surface area contributed by atoms with E-state index in [9.17, 15) is 9.18 Å². The number of amides is 1. The maximum absolute atomic E-state index is 13.0. The Morgan fingerprint density at radius 2 is 2.33 bits per heavy atom. The Morgan fingerprint density at radius 1 is 1.53 bits per heavy atom. The van der Waals surface area contributed by atoms with Crippen molar-refractivity contribution in [3.05, 3.63) is 35.6 Å². The number of nitrogens with one attached hydrogen (secondary N) is 1. The molecule has 4 heteroatoms. The van der Waals surface area contributed by atoms with Gasteiger partial charge in [-0.05, 0) is 24.1 Å². The first-order chi connectivity index (χ1) is 7.16. The van der Waals surface area contributed by atoms with Gasteiger partial charge in [0.2, 0.25) is 5.91 Å². The highest BCUT2D eigenvalue weighted by Gasteiger charge is 2.28. The topological polar surface area (TPSA) is 55.1 Å². The largest absolute Gasteiger partial charge is 0.369 e. The van der Waals surface area contributed by atoms with Crippen molar-refractivity contribution >= 4 is 5.91 Å². The average Bonchev–Trinajstić information content (AvgIpc) is 2.66. The number of carbonyl (C=O) groups is 1. The normalized spacial score (nSPS) is 25.4. The predicted molar refractivity (Wildman–Crippen MR) is 54.4 cm³/mol. The van der Waals surface area contributed by atoms with E-state index >= 15 is 0 Å². The summed E-state index contributed by atoms with van der Waals surface area (Å²) in [7, 11) is 0. The van der Waals surface area contributed by atoms with E-state index < -0.39 is 0 Å². The van der Waals surface area contributed by atoms with E-state index in [1.807, 2.05) is 6.07 Å². The average molecular weight is 208 g/mol. The van der Waals surface area contributed by atoms with E-state index in [1.54, 1.807) is 6.07 Å². The molecule has 0 radical (unpaired) electrons. The summed E-state index contributed by atoms with van der Waals surface area (Å²) >= 11 is 0. The van der Waals surface area contributed by atoms with E-state index in [1.165, 1.54) is 12.1 Å². The third kappa shape index (κ3) is 2.15. The maximum Gasteiger partial charge on any atom is 0.221 e. The van der Waals surface area contributed by atoms with Gasteiger partial charge in [0.25, 0.3) is 0 Å². The van der Waals surface area contributed by atoms with Crippen LogP contribution in [0.3, 0.4) is 0 Å². The number of nitrogens with two attached hydrogens (primary N) is 1. The van der Waals surface area contributed by atoms with Crippen LogP contribution in [0.1, 0.15) is 18.0 Å². The number of benzene rings is 1. The number of carbonyl (C=O) groups excluding carboxylic acids is 1. The van der Waals surface area contributed by atoms with Crippen LogP contribution in [0.4, 0.5) is 4.39 Å². The molecule has 3 N–H and O–H groups in total. The highest BCUT2D eigenvalue weighted by molar-refractivity contribution is 5.77. The molecule has 0 aromatic heterocycles. The number of rotatable bonds is 2. The molecule has 80 valence electrons. The summed E-state index contributed by atoms with van der Waals surface area (Å²) in [5, 5.41) is 3.16. The molecule has 0 bridgehead atoms. The first-order valence-corrected chi connectivity index (χ1v) is 4.95. The molecule has 1 heterocycles. The van der Waals surface area contributed by atoms with Gasteiger partial charge in [0.15, 0.2) is 0 Å². The van der Waals surface area contributed by atoms with E-state index in [-0.39, 0.29) is 23.7 Å². The van der Waals surface area contributed by atoms with Crippen LogP contribution in [-0.4, -0.2) is 12.5 Å². The summed E-state index contributed by atoms with van der Waals surface area (Å²) in [5.41, 5.74) is 6.09. The van der Waals surface area contributed by atoms with Crippen molar-refractivity contribution in [1.82, 2.24) is 5.32 Å². The van der Waals surface area contributed by atoms with Crippen molar-refractivity contribution < 1.29 is 9.18 Å². The van der Waals surface area contributed by atoms with Gasteiger partial charge in [0.05, 0.1) is 5.92 Å². The summed E-state index contributed by atoms with van der Waals surface area (Å²) in [4.78, 5) is 11.0. The van der Waals surface area contributed by atoms with Gasteiger partial charge in [-0.25, -0.2) is 4.39 Å². The molecule has 2 rings (SSSR count). The Hall–Kier alpha value is -1.42. The molecule has 2 unspecified atom stereocenters. The third-order valence-electron chi connectivity index (χ3n) is 2.78. The van der Waals surface area contributed by atoms with Gasteiger partial charge in [-0.3, -0.25) is 4.79 Å². The minimum Gasteiger partial charge on any atom is -0.369 e. The first-order valence-electron chi connectivity index (χ1n) is 4.95. The van der Waals surface area contributed by atoms with Crippen molar-refractivity contribution in [1.29, 1.82) is 0 Å². The Labute approximate surface area is 87.5 Å². The molecular weight excluding hydrogens is 195 g/mol. The number of hydrogen-bond acceptors (Lipinski definition) is 2. The van der Waals surface area contributed by atoms with Crippen LogP contribution in [0.2, 0.25) is 0 Å². The Kier molecular flexibility index (Phi) is 2.68. The van der Waals surface area contributed by atoms with Crippen molar-refractivity contribution in [3.63, 3.8) is 0 Å². The van der Waals surface area contributed by atoms with E-state index in [0.29, 0.717) is 13.0 Å². The second kappa shape index (κ2) is 3.98. The predicted octanol–water partition coefficient (Wildman–Crippen LogP) is 0.962. The van der Waals surface area contributed by atoms with Crippen LogP contribution in [0.15, 0.2) is 24.3 Å². The second-order valence-corrected chi connectivity index (χ2v) is 3.85. The zero-order chi connectivity index (χ0) is 10.8. The number of primary amides is 1. The molecule has 1 saturated heterocycles. The van der Waals surface area contributed by atoms with Crippen LogP contribution < -0.4 is 11.1 Å². The van der Waals surface area contributed by atoms with Crippen LogP contribution >= 0.6 is 0 Å². The summed E-state index contributed by atoms with van der Waals surface area (Å²) in [6, 6.07) is 6.46. The highest BCUT2D eigenvalue weighted by atomic mass is 19.1. The summed E-state index contributed by atoms with van der Waals surface area (Å²) in [6.07, 6.45) is 0.652. The molecule has 1 aliphatic rings. The summed E-state index contributed by atoms with van der Waals surface area (Å²) in [6.45, 7) is 0.580. The molecule has 3 nitrogen and oxygen atoms in total. The summed E-state index contributed by atoms with van der Waals surface area (Å²) < 4.78 is 13.0. The summed E-state index contributed by atoms with van der Waals surface area (Å²) in [5.74, 6) is -0.684. The molecule has 0 saturated carbocycles. The minimum absolute atomic E-state index is 0.0400. The molecule has 2 atom stereocenters. The van der Waals surface area contributed by atoms with Gasteiger partial charge in [0, 0.05) is 12.6 Å². The zero-order valence-corrected chi connectivity index (χ0v) is 8.24. The van der Waals surface area contributed by atoms with Crippen LogP contribution in [0.5, 0.6) is 0 Å². The first kappa shape index (κ1) is 10.1. The molecular formula is C11H13FN2O. The van der Waals surface area contributed by atoms with Gasteiger partial charge < -0.3 is 11.1 Å². The standard InChI is InChI=1S/C11H13FN2O/c12-9-3-1-2-7(4-9)10-5-8(6-14-10)11(13)15/h1-4,8,10,14H,5-6H2,(H2,13,15). The lowest BCUT2D eigenvalue weighted by atomic mass is 10.00. The van der Waals surface area contributed by atoms with Crippen LogP contribution in [0, 0.1) is 11.7 Å². The zero-order valence-electron chi connectivity index (χ0n) is 8.24. The second-order valence-electron chi connectivity index (χ2n) is 3.85. The van der Waals surface area contributed by atoms with E-state index in [2.05, 4.69) is 5.32 Å². The van der Waals surface area contributed by atoms with Gasteiger partial charge in [-0.15, -0.1) is 0 Å². The van der Waals surface area contributed by atoms with Gasteiger partial charge in [0.1, 0.15) is 5.82 Å². The molecule has 1 amide bonds. The SMILES string of the molecule is NC(=O)C1CNC(c2cccc(F)c2)C1. The van der Waals surface area contributed by atoms with Crippen molar-refractivity contribution in [2.24, 2.45) is 11.7 Å². The highest BCUT2D eigenvalue weighted by Crippen LogP contribution is 2.27. The molecule has 15 heavy (non-hydrogen) atoms. The molecule has 1 fully saturated rings. The molecule has 0 spiro atoms. The smallest absolute Gasteiger partial charge is 0.221 e. The Balaban J connectivity index is 2.11. The monoisotopic (exact) mass is 208 g/mol. The maximum atomic E-state index is 13.0. The Bertz CT molecular complexity index is 381. The molecule has 1 aliphatic heterocycles. The lowest BCUT2D eigenvalue weighted by Gasteiger charge is -2.10. The number of hydrogen-bond donors (Lipinski definition) is 2. The van der Waals surface area contributed by atoms with E-state index in [0.717, 1.165) is 5.56 Å². The van der Waals surface area contributed by atoms with Crippen molar-refractivity contribution in [2.75, 3.05) is 6.54 Å². The lowest BCUT2D eigenvalue weighted by Crippen LogP contribution is -2.24.